The molecular weight excluding hydrogens is 262 g/mol. The van der Waals surface area contributed by atoms with Crippen LogP contribution in [-0.4, -0.2) is 25.8 Å². The molecule has 116 valence electrons. The van der Waals surface area contributed by atoms with Gasteiger partial charge in [-0.1, -0.05) is 31.9 Å². The van der Waals surface area contributed by atoms with Gasteiger partial charge in [-0.3, -0.25) is 0 Å². The fourth-order valence-electron chi connectivity index (χ4n) is 4.05. The van der Waals surface area contributed by atoms with E-state index in [1.807, 2.05) is 24.3 Å². The first-order valence-electron chi connectivity index (χ1n) is 8.36. The highest BCUT2D eigenvalue weighted by Gasteiger charge is 2.57. The Kier molecular flexibility index (Phi) is 4.39. The summed E-state index contributed by atoms with van der Waals surface area (Å²) in [6, 6.07) is 8.72. The molecule has 0 saturated heterocycles. The van der Waals surface area contributed by atoms with Crippen molar-refractivity contribution in [2.24, 2.45) is 5.41 Å². The monoisotopic (exact) mass is 289 g/mol. The van der Waals surface area contributed by atoms with Crippen LogP contribution in [0.1, 0.15) is 45.4 Å². The van der Waals surface area contributed by atoms with Gasteiger partial charge in [0.15, 0.2) is 11.5 Å². The lowest BCUT2D eigenvalue weighted by molar-refractivity contribution is -0.0746. The van der Waals surface area contributed by atoms with Gasteiger partial charge in [0.05, 0.1) is 6.61 Å². The maximum Gasteiger partial charge on any atom is 0.161 e. The molecule has 2 saturated carbocycles. The maximum atomic E-state index is 6.38. The Hall–Kier alpha value is -1.22. The van der Waals surface area contributed by atoms with Gasteiger partial charge in [0, 0.05) is 17.9 Å². The Morgan fingerprint density at radius 1 is 1.19 bits per heavy atom. The first-order valence-corrected chi connectivity index (χ1v) is 8.36. The van der Waals surface area contributed by atoms with Crippen LogP contribution in [0.4, 0.5) is 0 Å². The third kappa shape index (κ3) is 2.64. The molecule has 2 aliphatic carbocycles. The third-order valence-corrected chi connectivity index (χ3v) is 5.25. The van der Waals surface area contributed by atoms with E-state index < -0.39 is 0 Å². The third-order valence-electron chi connectivity index (χ3n) is 5.25. The highest BCUT2D eigenvalue weighted by molar-refractivity contribution is 5.40. The van der Waals surface area contributed by atoms with Gasteiger partial charge in [-0.25, -0.2) is 0 Å². The molecule has 2 aliphatic rings. The van der Waals surface area contributed by atoms with Crippen LogP contribution in [0.2, 0.25) is 0 Å². The van der Waals surface area contributed by atoms with Gasteiger partial charge in [-0.15, -0.1) is 0 Å². The van der Waals surface area contributed by atoms with E-state index in [1.165, 1.54) is 25.7 Å². The fourth-order valence-corrected chi connectivity index (χ4v) is 4.05. The van der Waals surface area contributed by atoms with Crippen molar-refractivity contribution in [2.45, 2.75) is 57.6 Å². The van der Waals surface area contributed by atoms with Crippen LogP contribution >= 0.6 is 0 Å². The van der Waals surface area contributed by atoms with Gasteiger partial charge in [-0.05, 0) is 38.4 Å². The highest BCUT2D eigenvalue weighted by atomic mass is 16.5. The number of para-hydroxylation sites is 2. The number of rotatable bonds is 6. The molecule has 1 aromatic carbocycles. The summed E-state index contributed by atoms with van der Waals surface area (Å²) >= 11 is 0. The van der Waals surface area contributed by atoms with Gasteiger partial charge in [0.2, 0.25) is 0 Å². The minimum Gasteiger partial charge on any atom is -0.490 e. The SMILES string of the molecule is CCCOc1ccccc1OC1CC(NC)C12CCCC2. The first-order chi connectivity index (χ1) is 10.3. The second-order valence-corrected chi connectivity index (χ2v) is 6.42. The maximum absolute atomic E-state index is 6.38. The molecule has 0 aromatic heterocycles. The summed E-state index contributed by atoms with van der Waals surface area (Å²) < 4.78 is 12.2. The van der Waals surface area contributed by atoms with Crippen molar-refractivity contribution in [3.05, 3.63) is 24.3 Å². The highest BCUT2D eigenvalue weighted by Crippen LogP contribution is 2.55. The number of nitrogens with one attached hydrogen (secondary N) is 1. The molecule has 3 rings (SSSR count). The lowest BCUT2D eigenvalue weighted by atomic mass is 9.60. The second-order valence-electron chi connectivity index (χ2n) is 6.42. The van der Waals surface area contributed by atoms with Crippen LogP contribution in [0.15, 0.2) is 24.3 Å². The molecule has 21 heavy (non-hydrogen) atoms. The fraction of sp³-hybridized carbons (Fsp3) is 0.667. The van der Waals surface area contributed by atoms with E-state index in [9.17, 15) is 0 Å². The predicted octanol–water partition coefficient (Wildman–Crippen LogP) is 3.77. The van der Waals surface area contributed by atoms with Crippen LogP contribution in [0.5, 0.6) is 11.5 Å². The smallest absolute Gasteiger partial charge is 0.161 e. The molecule has 1 aromatic rings. The Morgan fingerprint density at radius 2 is 1.90 bits per heavy atom. The molecule has 0 radical (unpaired) electrons. The largest absolute Gasteiger partial charge is 0.490 e. The van der Waals surface area contributed by atoms with Gasteiger partial charge in [0.25, 0.3) is 0 Å². The standard InChI is InChI=1S/C18H27NO2/c1-3-12-20-14-8-4-5-9-15(14)21-17-13-16(19-2)18(17)10-6-7-11-18/h4-5,8-9,16-17,19H,3,6-7,10-13H2,1-2H3. The molecule has 0 aliphatic heterocycles. The molecule has 2 fully saturated rings. The number of hydrogen-bond acceptors (Lipinski definition) is 3. The number of hydrogen-bond donors (Lipinski definition) is 1. The van der Waals surface area contributed by atoms with Gasteiger partial charge in [0.1, 0.15) is 6.10 Å². The first kappa shape index (κ1) is 14.7. The Morgan fingerprint density at radius 3 is 2.57 bits per heavy atom. The summed E-state index contributed by atoms with van der Waals surface area (Å²) in [5.41, 5.74) is 0.354. The van der Waals surface area contributed by atoms with E-state index in [0.717, 1.165) is 30.9 Å². The van der Waals surface area contributed by atoms with Crippen molar-refractivity contribution in [1.29, 1.82) is 0 Å². The molecule has 3 heteroatoms. The van der Waals surface area contributed by atoms with Crippen LogP contribution in [0.3, 0.4) is 0 Å². The minimum atomic E-state index is 0.337. The van der Waals surface area contributed by atoms with Crippen molar-refractivity contribution >= 4 is 0 Å². The van der Waals surface area contributed by atoms with E-state index in [-0.39, 0.29) is 0 Å². The van der Waals surface area contributed by atoms with Crippen LogP contribution in [-0.2, 0) is 0 Å². The zero-order valence-corrected chi connectivity index (χ0v) is 13.2. The molecule has 2 atom stereocenters. The van der Waals surface area contributed by atoms with Crippen LogP contribution < -0.4 is 14.8 Å². The lowest BCUT2D eigenvalue weighted by Gasteiger charge is -2.53. The van der Waals surface area contributed by atoms with Crippen molar-refractivity contribution in [3.63, 3.8) is 0 Å². The number of benzene rings is 1. The summed E-state index contributed by atoms with van der Waals surface area (Å²) in [5, 5.41) is 3.49. The summed E-state index contributed by atoms with van der Waals surface area (Å²) in [6.45, 7) is 2.87. The van der Waals surface area contributed by atoms with Crippen LogP contribution in [0.25, 0.3) is 0 Å². The van der Waals surface area contributed by atoms with Gasteiger partial charge < -0.3 is 14.8 Å². The van der Waals surface area contributed by atoms with Crippen molar-refractivity contribution in [3.8, 4) is 11.5 Å². The molecule has 1 spiro atoms. The van der Waals surface area contributed by atoms with E-state index in [2.05, 4.69) is 19.3 Å². The molecule has 0 heterocycles. The summed E-state index contributed by atoms with van der Waals surface area (Å²) in [7, 11) is 2.08. The van der Waals surface area contributed by atoms with Crippen molar-refractivity contribution in [1.82, 2.24) is 5.32 Å². The van der Waals surface area contributed by atoms with Crippen molar-refractivity contribution in [2.75, 3.05) is 13.7 Å². The molecule has 0 amide bonds. The predicted molar refractivity (Wildman–Crippen MR) is 85.0 cm³/mol. The van der Waals surface area contributed by atoms with Gasteiger partial charge in [-0.2, -0.15) is 0 Å². The lowest BCUT2D eigenvalue weighted by Crippen LogP contribution is -2.63. The molecule has 1 N–H and O–H groups in total. The normalized spacial score (nSPS) is 26.6. The molecule has 2 unspecified atom stereocenters. The topological polar surface area (TPSA) is 30.5 Å². The van der Waals surface area contributed by atoms with E-state index in [4.69, 9.17) is 9.47 Å². The average molecular weight is 289 g/mol. The van der Waals surface area contributed by atoms with E-state index in [0.29, 0.717) is 17.6 Å². The second kappa shape index (κ2) is 6.27. The minimum absolute atomic E-state index is 0.337. The van der Waals surface area contributed by atoms with Crippen molar-refractivity contribution < 1.29 is 9.47 Å². The molecule has 3 nitrogen and oxygen atoms in total. The summed E-state index contributed by atoms with van der Waals surface area (Å²) in [6.07, 6.45) is 7.73. The average Bonchev–Trinajstić information content (AvgIpc) is 3.02. The quantitative estimate of drug-likeness (QED) is 0.864. The van der Waals surface area contributed by atoms with E-state index >= 15 is 0 Å². The van der Waals surface area contributed by atoms with E-state index in [1.54, 1.807) is 0 Å². The van der Waals surface area contributed by atoms with Crippen LogP contribution in [0, 0.1) is 5.41 Å². The zero-order chi connectivity index (χ0) is 14.7. The molecular formula is C18H27NO2. The number of ether oxygens (including phenoxy) is 2. The Labute approximate surface area is 128 Å². The zero-order valence-electron chi connectivity index (χ0n) is 13.2. The Bertz CT molecular complexity index is 468. The van der Waals surface area contributed by atoms with Gasteiger partial charge >= 0.3 is 0 Å². The summed E-state index contributed by atoms with van der Waals surface area (Å²) in [4.78, 5) is 0. The Balaban J connectivity index is 1.72. The summed E-state index contributed by atoms with van der Waals surface area (Å²) in [5.74, 6) is 1.80. The molecule has 0 bridgehead atoms.